The van der Waals surface area contributed by atoms with Gasteiger partial charge in [0.1, 0.15) is 5.75 Å². The molecule has 0 atom stereocenters. The van der Waals surface area contributed by atoms with Gasteiger partial charge in [0, 0.05) is 23.5 Å². The molecule has 0 radical (unpaired) electrons. The first-order chi connectivity index (χ1) is 10.8. The molecule has 3 rings (SSSR count). The van der Waals surface area contributed by atoms with Crippen LogP contribution >= 0.6 is 12.2 Å². The molecule has 1 aromatic carbocycles. The molecule has 3 aromatic rings. The van der Waals surface area contributed by atoms with Crippen LogP contribution in [-0.4, -0.2) is 33.2 Å². The molecule has 0 amide bonds. The van der Waals surface area contributed by atoms with E-state index in [0.717, 1.165) is 16.9 Å². The topological polar surface area (TPSA) is 68.1 Å². The lowest BCUT2D eigenvalue weighted by Crippen LogP contribution is -1.95. The van der Waals surface area contributed by atoms with Crippen LogP contribution in [0.3, 0.4) is 0 Å². The van der Waals surface area contributed by atoms with Crippen molar-refractivity contribution < 1.29 is 4.74 Å². The third kappa shape index (κ3) is 2.94. The zero-order valence-electron chi connectivity index (χ0n) is 11.8. The fraction of sp³-hybridized carbons (Fsp3) is 0.0667. The third-order valence-electron chi connectivity index (χ3n) is 2.99. The average Bonchev–Trinajstić information content (AvgIpc) is 2.95. The highest BCUT2D eigenvalue weighted by molar-refractivity contribution is 7.71. The molecule has 1 N–H and O–H groups in total. The summed E-state index contributed by atoms with van der Waals surface area (Å²) < 4.78 is 7.21. The Morgan fingerprint density at radius 1 is 1.32 bits per heavy atom. The van der Waals surface area contributed by atoms with Gasteiger partial charge in [-0.1, -0.05) is 18.2 Å². The maximum Gasteiger partial charge on any atom is 0.216 e. The minimum Gasteiger partial charge on any atom is -0.497 e. The average molecular weight is 311 g/mol. The largest absolute Gasteiger partial charge is 0.497 e. The number of H-pyrrole nitrogens is 1. The molecular weight excluding hydrogens is 298 g/mol. The van der Waals surface area contributed by atoms with E-state index in [4.69, 9.17) is 17.0 Å². The maximum atomic E-state index is 5.23. The Hall–Kier alpha value is -2.80. The highest BCUT2D eigenvalue weighted by Crippen LogP contribution is 2.22. The number of aromatic amines is 1. The normalized spacial score (nSPS) is 11.0. The summed E-state index contributed by atoms with van der Waals surface area (Å²) in [6.45, 7) is 0. The molecule has 110 valence electrons. The number of methoxy groups -OCH3 is 1. The van der Waals surface area contributed by atoms with E-state index in [2.05, 4.69) is 20.3 Å². The Balaban J connectivity index is 2.01. The molecule has 0 aliphatic heterocycles. The quantitative estimate of drug-likeness (QED) is 0.594. The standard InChI is InChI=1S/C15H13N5OS/c1-21-13-6-2-5-12(8-13)14-18-19-15(22)20(14)17-10-11-4-3-7-16-9-11/h2-10H,1H3,(H,19,22). The van der Waals surface area contributed by atoms with Crippen molar-refractivity contribution in [3.63, 3.8) is 0 Å². The van der Waals surface area contributed by atoms with E-state index < -0.39 is 0 Å². The number of aromatic nitrogens is 4. The zero-order valence-corrected chi connectivity index (χ0v) is 12.6. The Morgan fingerprint density at radius 2 is 2.23 bits per heavy atom. The van der Waals surface area contributed by atoms with E-state index in [-0.39, 0.29) is 0 Å². The Labute approximate surface area is 132 Å². The first-order valence-corrected chi connectivity index (χ1v) is 6.95. The van der Waals surface area contributed by atoms with Crippen molar-refractivity contribution in [2.75, 3.05) is 7.11 Å². The summed E-state index contributed by atoms with van der Waals surface area (Å²) >= 11 is 5.23. The van der Waals surface area contributed by atoms with E-state index >= 15 is 0 Å². The van der Waals surface area contributed by atoms with Gasteiger partial charge >= 0.3 is 0 Å². The molecule has 2 heterocycles. The van der Waals surface area contributed by atoms with E-state index in [1.165, 1.54) is 0 Å². The van der Waals surface area contributed by atoms with Gasteiger partial charge in [-0.25, -0.2) is 5.10 Å². The molecule has 0 saturated carbocycles. The van der Waals surface area contributed by atoms with E-state index in [0.29, 0.717) is 10.6 Å². The Morgan fingerprint density at radius 3 is 3.00 bits per heavy atom. The van der Waals surface area contributed by atoms with Crippen LogP contribution in [0.5, 0.6) is 5.75 Å². The van der Waals surface area contributed by atoms with Crippen molar-refractivity contribution in [3.05, 3.63) is 59.1 Å². The molecule has 0 saturated heterocycles. The number of nitrogens with zero attached hydrogens (tertiary/aromatic N) is 4. The van der Waals surface area contributed by atoms with Gasteiger partial charge in [0.25, 0.3) is 0 Å². The summed E-state index contributed by atoms with van der Waals surface area (Å²) in [5, 5.41) is 11.4. The monoisotopic (exact) mass is 311 g/mol. The van der Waals surface area contributed by atoms with Crippen LogP contribution < -0.4 is 4.74 Å². The van der Waals surface area contributed by atoms with Crippen LogP contribution in [-0.2, 0) is 0 Å². The van der Waals surface area contributed by atoms with Crippen LogP contribution in [0.4, 0.5) is 0 Å². The van der Waals surface area contributed by atoms with Crippen molar-refractivity contribution in [1.29, 1.82) is 0 Å². The summed E-state index contributed by atoms with van der Waals surface area (Å²) in [6, 6.07) is 11.3. The predicted octanol–water partition coefficient (Wildman–Crippen LogP) is 2.89. The molecule has 0 unspecified atom stereocenters. The van der Waals surface area contributed by atoms with E-state index in [1.54, 1.807) is 30.4 Å². The highest BCUT2D eigenvalue weighted by Gasteiger charge is 2.08. The summed E-state index contributed by atoms with van der Waals surface area (Å²) in [4.78, 5) is 4.04. The summed E-state index contributed by atoms with van der Waals surface area (Å²) in [7, 11) is 1.62. The second kappa shape index (κ2) is 6.31. The Kier molecular flexibility index (Phi) is 4.06. The zero-order chi connectivity index (χ0) is 15.4. The van der Waals surface area contributed by atoms with E-state index in [1.807, 2.05) is 36.4 Å². The molecule has 0 aliphatic rings. The molecule has 6 nitrogen and oxygen atoms in total. The lowest BCUT2D eigenvalue weighted by molar-refractivity contribution is 0.415. The fourth-order valence-electron chi connectivity index (χ4n) is 1.92. The van der Waals surface area contributed by atoms with Crippen molar-refractivity contribution in [2.45, 2.75) is 0 Å². The van der Waals surface area contributed by atoms with Crippen LogP contribution in [0.1, 0.15) is 5.56 Å². The first-order valence-electron chi connectivity index (χ1n) is 6.54. The number of pyridine rings is 1. The molecular formula is C15H13N5OS. The summed E-state index contributed by atoms with van der Waals surface area (Å²) in [5.41, 5.74) is 1.73. The van der Waals surface area contributed by atoms with Gasteiger partial charge in [-0.15, -0.1) is 0 Å². The van der Waals surface area contributed by atoms with Gasteiger partial charge in [-0.05, 0) is 30.4 Å². The SMILES string of the molecule is COc1cccc(-c2n[nH]c(=S)n2N=Cc2cccnc2)c1. The van der Waals surface area contributed by atoms with Gasteiger partial charge in [-0.3, -0.25) is 4.98 Å². The van der Waals surface area contributed by atoms with Gasteiger partial charge in [0.05, 0.1) is 13.3 Å². The number of rotatable bonds is 4. The smallest absolute Gasteiger partial charge is 0.216 e. The maximum absolute atomic E-state index is 5.23. The molecule has 0 spiro atoms. The highest BCUT2D eigenvalue weighted by atomic mass is 32.1. The molecule has 0 aliphatic carbocycles. The number of benzene rings is 1. The molecule has 0 fully saturated rings. The first kappa shape index (κ1) is 14.2. The molecule has 7 heteroatoms. The van der Waals surface area contributed by atoms with Crippen LogP contribution in [0.25, 0.3) is 11.4 Å². The summed E-state index contributed by atoms with van der Waals surface area (Å²) in [5.74, 6) is 1.36. The minimum atomic E-state index is 0.415. The van der Waals surface area contributed by atoms with Crippen molar-refractivity contribution in [3.8, 4) is 17.1 Å². The predicted molar refractivity (Wildman–Crippen MR) is 86.6 cm³/mol. The van der Waals surface area contributed by atoms with Gasteiger partial charge in [0.2, 0.25) is 4.77 Å². The number of ether oxygens (including phenoxy) is 1. The van der Waals surface area contributed by atoms with Crippen molar-refractivity contribution in [1.82, 2.24) is 19.9 Å². The number of hydrogen-bond acceptors (Lipinski definition) is 5. The van der Waals surface area contributed by atoms with E-state index in [9.17, 15) is 0 Å². The third-order valence-corrected chi connectivity index (χ3v) is 3.25. The van der Waals surface area contributed by atoms with Crippen LogP contribution in [0.2, 0.25) is 0 Å². The van der Waals surface area contributed by atoms with Gasteiger partial charge in [-0.2, -0.15) is 14.9 Å². The lowest BCUT2D eigenvalue weighted by Gasteiger charge is -2.03. The second-order valence-corrected chi connectivity index (χ2v) is 4.81. The second-order valence-electron chi connectivity index (χ2n) is 4.43. The Bertz CT molecular complexity index is 854. The van der Waals surface area contributed by atoms with Crippen molar-refractivity contribution in [2.24, 2.45) is 5.10 Å². The molecule has 0 bridgehead atoms. The fourth-order valence-corrected chi connectivity index (χ4v) is 2.10. The van der Waals surface area contributed by atoms with Gasteiger partial charge < -0.3 is 4.74 Å². The van der Waals surface area contributed by atoms with Crippen LogP contribution in [0, 0.1) is 4.77 Å². The molecule has 2 aromatic heterocycles. The van der Waals surface area contributed by atoms with Crippen LogP contribution in [0.15, 0.2) is 53.9 Å². The van der Waals surface area contributed by atoms with Crippen molar-refractivity contribution >= 4 is 18.4 Å². The minimum absolute atomic E-state index is 0.415. The number of nitrogens with one attached hydrogen (secondary N) is 1. The van der Waals surface area contributed by atoms with Gasteiger partial charge in [0.15, 0.2) is 5.82 Å². The number of hydrogen-bond donors (Lipinski definition) is 1. The lowest BCUT2D eigenvalue weighted by atomic mass is 10.2. The molecule has 22 heavy (non-hydrogen) atoms. The summed E-state index contributed by atoms with van der Waals surface area (Å²) in [6.07, 6.45) is 5.11.